The summed E-state index contributed by atoms with van der Waals surface area (Å²) in [4.78, 5) is 11.3. The van der Waals surface area contributed by atoms with Gasteiger partial charge in [-0.2, -0.15) is 0 Å². The summed E-state index contributed by atoms with van der Waals surface area (Å²) in [5.41, 5.74) is 6.20. The number of nitrogens with two attached hydrogens (primary N) is 1. The molecule has 0 heterocycles. The Morgan fingerprint density at radius 1 is 1.37 bits per heavy atom. The van der Waals surface area contributed by atoms with Crippen LogP contribution in [0.1, 0.15) is 6.92 Å². The van der Waals surface area contributed by atoms with Gasteiger partial charge in [-0.25, -0.2) is 8.42 Å². The number of anilines is 2. The molecule has 106 valence electrons. The normalized spacial score (nSPS) is 12.6. The first kappa shape index (κ1) is 15.1. The van der Waals surface area contributed by atoms with Crippen molar-refractivity contribution in [2.24, 2.45) is 0 Å². The third-order valence-corrected chi connectivity index (χ3v) is 4.10. The Balaban J connectivity index is 3.05. The lowest BCUT2D eigenvalue weighted by molar-refractivity contribution is -0.139. The minimum Gasteiger partial charge on any atom is -0.494 e. The second-order valence-corrected chi connectivity index (χ2v) is 5.77. The van der Waals surface area contributed by atoms with E-state index in [1.165, 1.54) is 32.2 Å². The molecule has 0 aliphatic carbocycles. The number of nitrogens with one attached hydrogen (secondary N) is 1. The highest BCUT2D eigenvalue weighted by molar-refractivity contribution is 7.94. The highest BCUT2D eigenvalue weighted by Crippen LogP contribution is 2.28. The number of carbonyl (C=O) groups is 1. The third kappa shape index (κ3) is 3.50. The Kier molecular flexibility index (Phi) is 4.60. The van der Waals surface area contributed by atoms with E-state index in [0.717, 1.165) is 7.11 Å². The van der Waals surface area contributed by atoms with Crippen LogP contribution in [-0.2, 0) is 19.6 Å². The van der Waals surface area contributed by atoms with Crippen molar-refractivity contribution in [2.45, 2.75) is 12.2 Å². The zero-order valence-electron chi connectivity index (χ0n) is 10.8. The van der Waals surface area contributed by atoms with Gasteiger partial charge < -0.3 is 15.2 Å². The zero-order chi connectivity index (χ0) is 14.6. The molecule has 1 rings (SSSR count). The maximum Gasteiger partial charge on any atom is 0.325 e. The van der Waals surface area contributed by atoms with E-state index >= 15 is 0 Å². The predicted octanol–water partition coefficient (Wildman–Crippen LogP) is 0.581. The van der Waals surface area contributed by atoms with Gasteiger partial charge in [0.05, 0.1) is 19.9 Å². The lowest BCUT2D eigenvalue weighted by Gasteiger charge is -2.15. The van der Waals surface area contributed by atoms with E-state index < -0.39 is 21.2 Å². The molecule has 0 saturated heterocycles. The van der Waals surface area contributed by atoms with Gasteiger partial charge in [-0.15, -0.1) is 0 Å². The Hall–Kier alpha value is -1.96. The molecule has 0 aromatic heterocycles. The van der Waals surface area contributed by atoms with Crippen molar-refractivity contribution in [1.29, 1.82) is 0 Å². The van der Waals surface area contributed by atoms with Crippen LogP contribution in [0.5, 0.6) is 5.75 Å². The smallest absolute Gasteiger partial charge is 0.325 e. The number of sulfonamides is 1. The number of carbonyl (C=O) groups excluding carboxylic acids is 1. The monoisotopic (exact) mass is 288 g/mol. The Bertz CT molecular complexity index is 570. The topological polar surface area (TPSA) is 108 Å². The minimum atomic E-state index is -3.92. The predicted molar refractivity (Wildman–Crippen MR) is 71.4 cm³/mol. The third-order valence-electron chi connectivity index (χ3n) is 2.48. The highest BCUT2D eigenvalue weighted by atomic mass is 32.2. The number of hydrogen-bond donors (Lipinski definition) is 2. The van der Waals surface area contributed by atoms with E-state index in [-0.39, 0.29) is 11.4 Å². The zero-order valence-corrected chi connectivity index (χ0v) is 11.7. The van der Waals surface area contributed by atoms with Gasteiger partial charge in [0.2, 0.25) is 10.0 Å². The lowest BCUT2D eigenvalue weighted by Crippen LogP contribution is -2.33. The minimum absolute atomic E-state index is 0.201. The maximum absolute atomic E-state index is 12.0. The molecule has 0 fully saturated rings. The highest BCUT2D eigenvalue weighted by Gasteiger charge is 2.29. The standard InChI is InChI=1S/C11H16N2O5S/c1-7(11(14)18-3)19(15,16)13-9-5-4-8(12)6-10(9)17-2/h4-7,13H,12H2,1-3H3. The van der Waals surface area contributed by atoms with E-state index in [1.807, 2.05) is 0 Å². The largest absolute Gasteiger partial charge is 0.494 e. The fraction of sp³-hybridized carbons (Fsp3) is 0.364. The molecule has 7 nitrogen and oxygen atoms in total. The van der Waals surface area contributed by atoms with Crippen LogP contribution in [-0.4, -0.2) is 33.9 Å². The van der Waals surface area contributed by atoms with Crippen molar-refractivity contribution in [3.63, 3.8) is 0 Å². The van der Waals surface area contributed by atoms with Crippen molar-refractivity contribution < 1.29 is 22.7 Å². The van der Waals surface area contributed by atoms with E-state index in [4.69, 9.17) is 10.5 Å². The molecule has 8 heteroatoms. The first-order chi connectivity index (χ1) is 8.81. The van der Waals surface area contributed by atoms with Gasteiger partial charge in [-0.3, -0.25) is 9.52 Å². The SMILES string of the molecule is COC(=O)C(C)S(=O)(=O)Nc1ccc(N)cc1OC. The number of hydrogen-bond acceptors (Lipinski definition) is 6. The quantitative estimate of drug-likeness (QED) is 0.606. The van der Waals surface area contributed by atoms with Crippen molar-refractivity contribution in [2.75, 3.05) is 24.7 Å². The Morgan fingerprint density at radius 3 is 2.53 bits per heavy atom. The van der Waals surface area contributed by atoms with Crippen LogP contribution >= 0.6 is 0 Å². The summed E-state index contributed by atoms with van der Waals surface area (Å²) in [6, 6.07) is 4.44. The van der Waals surface area contributed by atoms with Crippen LogP contribution in [0.2, 0.25) is 0 Å². The number of nitrogen functional groups attached to an aromatic ring is 1. The molecule has 0 spiro atoms. The molecule has 0 bridgehead atoms. The van der Waals surface area contributed by atoms with Gasteiger partial charge in [-0.1, -0.05) is 0 Å². The summed E-state index contributed by atoms with van der Waals surface area (Å²) in [5.74, 6) is -0.581. The van der Waals surface area contributed by atoms with Gasteiger partial charge >= 0.3 is 5.97 Å². The first-order valence-corrected chi connectivity index (χ1v) is 6.89. The summed E-state index contributed by atoms with van der Waals surface area (Å²) < 4.78 is 35.6. The second kappa shape index (κ2) is 5.79. The number of rotatable bonds is 5. The molecule has 3 N–H and O–H groups in total. The van der Waals surface area contributed by atoms with Gasteiger partial charge in [0.1, 0.15) is 5.75 Å². The van der Waals surface area contributed by atoms with Gasteiger partial charge in [0, 0.05) is 11.8 Å². The molecule has 19 heavy (non-hydrogen) atoms. The molecule has 1 aromatic carbocycles. The summed E-state index contributed by atoms with van der Waals surface area (Å²) in [7, 11) is -1.41. The van der Waals surface area contributed by atoms with E-state index in [2.05, 4.69) is 9.46 Å². The Morgan fingerprint density at radius 2 is 2.00 bits per heavy atom. The summed E-state index contributed by atoms with van der Waals surface area (Å²) in [5, 5.41) is -1.33. The molecular weight excluding hydrogens is 272 g/mol. The summed E-state index contributed by atoms with van der Waals surface area (Å²) in [6.45, 7) is 1.23. The molecular formula is C11H16N2O5S. The number of ether oxygens (including phenoxy) is 2. The molecule has 0 saturated carbocycles. The Labute approximate surface area is 111 Å². The van der Waals surface area contributed by atoms with Crippen LogP contribution in [0, 0.1) is 0 Å². The molecule has 1 unspecified atom stereocenters. The fourth-order valence-electron chi connectivity index (χ4n) is 1.33. The second-order valence-electron chi connectivity index (χ2n) is 3.77. The average molecular weight is 288 g/mol. The molecule has 0 amide bonds. The van der Waals surface area contributed by atoms with Gasteiger partial charge in [-0.05, 0) is 19.1 Å². The summed E-state index contributed by atoms with van der Waals surface area (Å²) in [6.07, 6.45) is 0. The van der Waals surface area contributed by atoms with E-state index in [1.54, 1.807) is 0 Å². The summed E-state index contributed by atoms with van der Waals surface area (Å²) >= 11 is 0. The lowest BCUT2D eigenvalue weighted by atomic mass is 10.2. The van der Waals surface area contributed by atoms with E-state index in [0.29, 0.717) is 5.69 Å². The molecule has 0 aliphatic rings. The first-order valence-electron chi connectivity index (χ1n) is 5.34. The van der Waals surface area contributed by atoms with Crippen LogP contribution in [0.15, 0.2) is 18.2 Å². The number of benzene rings is 1. The van der Waals surface area contributed by atoms with Crippen LogP contribution in [0.3, 0.4) is 0 Å². The maximum atomic E-state index is 12.0. The van der Waals surface area contributed by atoms with E-state index in [9.17, 15) is 13.2 Å². The van der Waals surface area contributed by atoms with Crippen LogP contribution in [0.4, 0.5) is 11.4 Å². The van der Waals surface area contributed by atoms with Gasteiger partial charge in [0.15, 0.2) is 5.25 Å². The molecule has 0 radical (unpaired) electrons. The average Bonchev–Trinajstić information content (AvgIpc) is 2.38. The molecule has 1 aromatic rings. The number of esters is 1. The molecule has 1 atom stereocenters. The fourth-order valence-corrected chi connectivity index (χ4v) is 2.33. The van der Waals surface area contributed by atoms with Crippen molar-refractivity contribution >= 4 is 27.4 Å². The van der Waals surface area contributed by atoms with Gasteiger partial charge in [0.25, 0.3) is 0 Å². The van der Waals surface area contributed by atoms with Crippen molar-refractivity contribution in [1.82, 2.24) is 0 Å². The van der Waals surface area contributed by atoms with Crippen LogP contribution in [0.25, 0.3) is 0 Å². The van der Waals surface area contributed by atoms with Crippen molar-refractivity contribution in [3.8, 4) is 5.75 Å². The molecule has 0 aliphatic heterocycles. The van der Waals surface area contributed by atoms with Crippen LogP contribution < -0.4 is 15.2 Å². The number of methoxy groups -OCH3 is 2. The van der Waals surface area contributed by atoms with Crippen molar-refractivity contribution in [3.05, 3.63) is 18.2 Å².